The van der Waals surface area contributed by atoms with Gasteiger partial charge in [0.15, 0.2) is 0 Å². The predicted molar refractivity (Wildman–Crippen MR) is 89.6 cm³/mol. The maximum atomic E-state index is 12.0. The minimum absolute atomic E-state index is 0.00979. The van der Waals surface area contributed by atoms with Crippen LogP contribution in [0.2, 0.25) is 0 Å². The van der Waals surface area contributed by atoms with Gasteiger partial charge in [0.2, 0.25) is 5.91 Å². The van der Waals surface area contributed by atoms with Crippen LogP contribution >= 0.6 is 11.3 Å². The van der Waals surface area contributed by atoms with Gasteiger partial charge in [-0.15, -0.1) is 11.3 Å². The quantitative estimate of drug-likeness (QED) is 0.778. The van der Waals surface area contributed by atoms with Crippen LogP contribution in [-0.2, 0) is 11.2 Å². The fourth-order valence-electron chi connectivity index (χ4n) is 2.15. The summed E-state index contributed by atoms with van der Waals surface area (Å²) in [5.74, 6) is 0.761. The SMILES string of the molecule is COc1ccc(NC(=O)CCc2nc3ccccc3s2)cc1. The van der Waals surface area contributed by atoms with E-state index < -0.39 is 0 Å². The number of rotatable bonds is 5. The smallest absolute Gasteiger partial charge is 0.224 e. The monoisotopic (exact) mass is 312 g/mol. The summed E-state index contributed by atoms with van der Waals surface area (Å²) in [6.07, 6.45) is 1.08. The molecule has 112 valence electrons. The Balaban J connectivity index is 1.57. The first kappa shape index (κ1) is 14.5. The van der Waals surface area contributed by atoms with E-state index in [0.29, 0.717) is 12.8 Å². The average Bonchev–Trinajstić information content (AvgIpc) is 2.96. The number of carbonyl (C=O) groups is 1. The third-order valence-electron chi connectivity index (χ3n) is 3.28. The zero-order valence-corrected chi connectivity index (χ0v) is 13.0. The molecule has 0 fully saturated rings. The number of nitrogens with zero attached hydrogens (tertiary/aromatic N) is 1. The molecule has 3 rings (SSSR count). The van der Waals surface area contributed by atoms with Crippen LogP contribution in [0, 0.1) is 0 Å². The molecule has 0 bridgehead atoms. The molecule has 0 saturated heterocycles. The summed E-state index contributed by atoms with van der Waals surface area (Å²) in [4.78, 5) is 16.5. The van der Waals surface area contributed by atoms with Crippen molar-refractivity contribution < 1.29 is 9.53 Å². The Morgan fingerprint density at radius 2 is 1.95 bits per heavy atom. The van der Waals surface area contributed by atoms with E-state index in [1.807, 2.05) is 48.5 Å². The number of hydrogen-bond acceptors (Lipinski definition) is 4. The summed E-state index contributed by atoms with van der Waals surface area (Å²) in [6, 6.07) is 15.3. The summed E-state index contributed by atoms with van der Waals surface area (Å²) < 4.78 is 6.25. The lowest BCUT2D eigenvalue weighted by atomic mass is 10.2. The number of thiazole rings is 1. The van der Waals surface area contributed by atoms with E-state index in [2.05, 4.69) is 10.3 Å². The summed E-state index contributed by atoms with van der Waals surface area (Å²) >= 11 is 1.64. The molecule has 1 heterocycles. The molecule has 0 unspecified atom stereocenters. The van der Waals surface area contributed by atoms with Gasteiger partial charge in [0.1, 0.15) is 5.75 Å². The van der Waals surface area contributed by atoms with Crippen LogP contribution in [0.15, 0.2) is 48.5 Å². The first-order valence-corrected chi connectivity index (χ1v) is 7.84. The molecule has 1 aromatic heterocycles. The third kappa shape index (κ3) is 3.43. The molecule has 22 heavy (non-hydrogen) atoms. The molecule has 1 N–H and O–H groups in total. The van der Waals surface area contributed by atoms with Gasteiger partial charge in [0.25, 0.3) is 0 Å². The largest absolute Gasteiger partial charge is 0.497 e. The van der Waals surface area contributed by atoms with Gasteiger partial charge in [-0.2, -0.15) is 0 Å². The maximum Gasteiger partial charge on any atom is 0.224 e. The first-order valence-electron chi connectivity index (χ1n) is 7.03. The highest BCUT2D eigenvalue weighted by molar-refractivity contribution is 7.18. The fraction of sp³-hybridized carbons (Fsp3) is 0.176. The van der Waals surface area contributed by atoms with E-state index in [-0.39, 0.29) is 5.91 Å². The minimum Gasteiger partial charge on any atom is -0.497 e. The summed E-state index contributed by atoms with van der Waals surface area (Å²) in [6.45, 7) is 0. The van der Waals surface area contributed by atoms with Crippen molar-refractivity contribution in [1.29, 1.82) is 0 Å². The molecule has 3 aromatic rings. The van der Waals surface area contributed by atoms with E-state index >= 15 is 0 Å². The van der Waals surface area contributed by atoms with Gasteiger partial charge >= 0.3 is 0 Å². The number of anilines is 1. The summed E-state index contributed by atoms with van der Waals surface area (Å²) in [7, 11) is 1.62. The number of para-hydroxylation sites is 1. The first-order chi connectivity index (χ1) is 10.7. The maximum absolute atomic E-state index is 12.0. The van der Waals surface area contributed by atoms with Crippen molar-refractivity contribution >= 4 is 33.1 Å². The molecular weight excluding hydrogens is 296 g/mol. The summed E-state index contributed by atoms with van der Waals surface area (Å²) in [5, 5.41) is 3.87. The fourth-order valence-corrected chi connectivity index (χ4v) is 3.11. The molecule has 0 spiro atoms. The van der Waals surface area contributed by atoms with Crippen molar-refractivity contribution in [1.82, 2.24) is 4.98 Å². The summed E-state index contributed by atoms with van der Waals surface area (Å²) in [5.41, 5.74) is 1.77. The highest BCUT2D eigenvalue weighted by Gasteiger charge is 2.07. The molecule has 1 amide bonds. The number of hydrogen-bond donors (Lipinski definition) is 1. The van der Waals surface area contributed by atoms with Gasteiger partial charge in [-0.05, 0) is 36.4 Å². The molecule has 0 aliphatic rings. The van der Waals surface area contributed by atoms with Crippen LogP contribution in [0.1, 0.15) is 11.4 Å². The van der Waals surface area contributed by atoms with Gasteiger partial charge in [0, 0.05) is 18.5 Å². The van der Waals surface area contributed by atoms with Crippen molar-refractivity contribution in [3.05, 3.63) is 53.5 Å². The highest BCUT2D eigenvalue weighted by Crippen LogP contribution is 2.22. The van der Waals surface area contributed by atoms with E-state index in [1.165, 1.54) is 0 Å². The molecule has 0 saturated carbocycles. The van der Waals surface area contributed by atoms with Gasteiger partial charge < -0.3 is 10.1 Å². The van der Waals surface area contributed by atoms with Crippen molar-refractivity contribution in [3.8, 4) is 5.75 Å². The Kier molecular flexibility index (Phi) is 4.34. The number of carbonyl (C=O) groups excluding carboxylic acids is 1. The number of aryl methyl sites for hydroxylation is 1. The minimum atomic E-state index is -0.00979. The number of nitrogens with one attached hydrogen (secondary N) is 1. The van der Waals surface area contributed by atoms with Gasteiger partial charge in [-0.25, -0.2) is 4.98 Å². The van der Waals surface area contributed by atoms with Gasteiger partial charge in [0.05, 0.1) is 22.3 Å². The Hall–Kier alpha value is -2.40. The number of amides is 1. The molecule has 5 heteroatoms. The topological polar surface area (TPSA) is 51.2 Å². The van der Waals surface area contributed by atoms with E-state index in [4.69, 9.17) is 4.74 Å². The van der Waals surface area contributed by atoms with E-state index in [0.717, 1.165) is 26.7 Å². The molecule has 0 radical (unpaired) electrons. The predicted octanol–water partition coefficient (Wildman–Crippen LogP) is 3.88. The van der Waals surface area contributed by atoms with Crippen molar-refractivity contribution in [2.24, 2.45) is 0 Å². The van der Waals surface area contributed by atoms with Gasteiger partial charge in [-0.1, -0.05) is 12.1 Å². The van der Waals surface area contributed by atoms with E-state index in [1.54, 1.807) is 18.4 Å². The van der Waals surface area contributed by atoms with Crippen LogP contribution in [0.4, 0.5) is 5.69 Å². The lowest BCUT2D eigenvalue weighted by Gasteiger charge is -2.05. The van der Waals surface area contributed by atoms with Crippen LogP contribution in [0.3, 0.4) is 0 Å². The second kappa shape index (κ2) is 6.58. The van der Waals surface area contributed by atoms with E-state index in [9.17, 15) is 4.79 Å². The van der Waals surface area contributed by atoms with Gasteiger partial charge in [-0.3, -0.25) is 4.79 Å². The highest BCUT2D eigenvalue weighted by atomic mass is 32.1. The zero-order chi connectivity index (χ0) is 15.4. The molecular formula is C17H16N2O2S. The zero-order valence-electron chi connectivity index (χ0n) is 12.2. The van der Waals surface area contributed by atoms with Crippen molar-refractivity contribution in [3.63, 3.8) is 0 Å². The second-order valence-corrected chi connectivity index (χ2v) is 5.97. The molecule has 0 aliphatic heterocycles. The Labute approximate surface area is 132 Å². The van der Waals surface area contributed by atoms with Crippen LogP contribution < -0.4 is 10.1 Å². The van der Waals surface area contributed by atoms with Crippen LogP contribution in [0.25, 0.3) is 10.2 Å². The Bertz CT molecular complexity index is 748. The lowest BCUT2D eigenvalue weighted by Crippen LogP contribution is -2.12. The lowest BCUT2D eigenvalue weighted by molar-refractivity contribution is -0.116. The number of benzene rings is 2. The second-order valence-electron chi connectivity index (χ2n) is 4.85. The molecule has 4 nitrogen and oxygen atoms in total. The van der Waals surface area contributed by atoms with Crippen molar-refractivity contribution in [2.45, 2.75) is 12.8 Å². The Morgan fingerprint density at radius 1 is 1.18 bits per heavy atom. The number of ether oxygens (including phenoxy) is 1. The number of fused-ring (bicyclic) bond motifs is 1. The molecule has 0 atom stereocenters. The third-order valence-corrected chi connectivity index (χ3v) is 4.37. The standard InChI is InChI=1S/C17H16N2O2S/c1-21-13-8-6-12(7-9-13)18-16(20)10-11-17-19-14-4-2-3-5-15(14)22-17/h2-9H,10-11H2,1H3,(H,18,20). The average molecular weight is 312 g/mol. The van der Waals surface area contributed by atoms with Crippen LogP contribution in [0.5, 0.6) is 5.75 Å². The number of aromatic nitrogens is 1. The van der Waals surface area contributed by atoms with Crippen LogP contribution in [-0.4, -0.2) is 18.0 Å². The molecule has 2 aromatic carbocycles. The number of methoxy groups -OCH3 is 1. The normalized spacial score (nSPS) is 10.6. The van der Waals surface area contributed by atoms with Crippen molar-refractivity contribution in [2.75, 3.05) is 12.4 Å². The Morgan fingerprint density at radius 3 is 2.68 bits per heavy atom. The molecule has 0 aliphatic carbocycles.